The summed E-state index contributed by atoms with van der Waals surface area (Å²) in [6.45, 7) is 4.52. The number of hydrogen-bond acceptors (Lipinski definition) is 3. The van der Waals surface area contributed by atoms with Crippen molar-refractivity contribution >= 4 is 6.16 Å². The molecular weight excluding hydrogens is 196 g/mol. The van der Waals surface area contributed by atoms with E-state index >= 15 is 0 Å². The Kier molecular flexibility index (Phi) is 4.15. The summed E-state index contributed by atoms with van der Waals surface area (Å²) in [6, 6.07) is 0. The zero-order valence-electron chi connectivity index (χ0n) is 9.34. The van der Waals surface area contributed by atoms with Gasteiger partial charge < -0.3 is 9.47 Å². The van der Waals surface area contributed by atoms with Gasteiger partial charge in [0.1, 0.15) is 25.5 Å². The standard InChI is InChI=1S/C10H17N2O3/c1-9(2)15-10(13)14-7-6-12-5-4-11(3)8-12/h4-5,8-9H,6-7H2,1-3H3/q+1. The monoisotopic (exact) mass is 213 g/mol. The fourth-order valence-electron chi connectivity index (χ4n) is 1.09. The third kappa shape index (κ3) is 4.49. The maximum atomic E-state index is 11.0. The largest absolute Gasteiger partial charge is 0.508 e. The van der Waals surface area contributed by atoms with Gasteiger partial charge in [-0.3, -0.25) is 0 Å². The Hall–Kier alpha value is -1.52. The van der Waals surface area contributed by atoms with Crippen LogP contribution in [-0.2, 0) is 23.1 Å². The Morgan fingerprint density at radius 1 is 1.53 bits per heavy atom. The second kappa shape index (κ2) is 5.38. The molecule has 0 radical (unpaired) electrons. The predicted molar refractivity (Wildman–Crippen MR) is 53.2 cm³/mol. The molecule has 0 N–H and O–H groups in total. The molecular formula is C10H17N2O3+. The van der Waals surface area contributed by atoms with Crippen LogP contribution in [-0.4, -0.2) is 23.4 Å². The molecule has 0 saturated heterocycles. The van der Waals surface area contributed by atoms with Gasteiger partial charge in [0.05, 0.1) is 13.2 Å². The Bertz CT molecular complexity index is 320. The molecule has 1 rings (SSSR count). The minimum Gasteiger partial charge on any atom is -0.432 e. The molecule has 0 aliphatic heterocycles. The molecule has 5 heteroatoms. The Morgan fingerprint density at radius 2 is 2.27 bits per heavy atom. The van der Waals surface area contributed by atoms with Gasteiger partial charge in [0.25, 0.3) is 0 Å². The highest BCUT2D eigenvalue weighted by Gasteiger charge is 2.07. The van der Waals surface area contributed by atoms with E-state index in [-0.39, 0.29) is 6.10 Å². The first-order valence-electron chi connectivity index (χ1n) is 4.92. The molecule has 0 unspecified atom stereocenters. The van der Waals surface area contributed by atoms with Crippen molar-refractivity contribution in [2.45, 2.75) is 26.5 Å². The van der Waals surface area contributed by atoms with E-state index in [2.05, 4.69) is 0 Å². The number of imidazole rings is 1. The first-order valence-corrected chi connectivity index (χ1v) is 4.92. The lowest BCUT2D eigenvalue weighted by Crippen LogP contribution is -2.24. The van der Waals surface area contributed by atoms with Crippen LogP contribution in [0, 0.1) is 0 Å². The molecule has 0 saturated carbocycles. The van der Waals surface area contributed by atoms with Crippen LogP contribution < -0.4 is 4.57 Å². The van der Waals surface area contributed by atoms with E-state index in [1.807, 2.05) is 34.9 Å². The number of carbonyl (C=O) groups is 1. The molecule has 0 bridgehead atoms. The van der Waals surface area contributed by atoms with Crippen molar-refractivity contribution < 1.29 is 18.8 Å². The van der Waals surface area contributed by atoms with Crippen LogP contribution in [0.25, 0.3) is 0 Å². The van der Waals surface area contributed by atoms with E-state index in [1.165, 1.54) is 0 Å². The quantitative estimate of drug-likeness (QED) is 0.550. The molecule has 1 heterocycles. The van der Waals surface area contributed by atoms with E-state index in [0.29, 0.717) is 13.2 Å². The van der Waals surface area contributed by atoms with Crippen molar-refractivity contribution in [2.75, 3.05) is 6.61 Å². The van der Waals surface area contributed by atoms with E-state index in [9.17, 15) is 4.79 Å². The third-order valence-corrected chi connectivity index (χ3v) is 1.73. The summed E-state index contributed by atoms with van der Waals surface area (Å²) >= 11 is 0. The SMILES string of the molecule is CC(C)OC(=O)OCCn1cc[n+](C)c1. The molecule has 0 atom stereocenters. The van der Waals surface area contributed by atoms with Gasteiger partial charge in [0.15, 0.2) is 0 Å². The zero-order chi connectivity index (χ0) is 11.3. The first-order chi connectivity index (χ1) is 7.08. The zero-order valence-corrected chi connectivity index (χ0v) is 9.34. The minimum absolute atomic E-state index is 0.137. The van der Waals surface area contributed by atoms with Gasteiger partial charge in [-0.2, -0.15) is 0 Å². The van der Waals surface area contributed by atoms with Gasteiger partial charge in [0.2, 0.25) is 6.33 Å². The highest BCUT2D eigenvalue weighted by molar-refractivity contribution is 5.59. The van der Waals surface area contributed by atoms with Crippen LogP contribution in [0.15, 0.2) is 18.7 Å². The van der Waals surface area contributed by atoms with Crippen LogP contribution >= 0.6 is 0 Å². The van der Waals surface area contributed by atoms with Gasteiger partial charge in [-0.15, -0.1) is 0 Å². The molecule has 0 aliphatic rings. The number of nitrogens with zero attached hydrogens (tertiary/aromatic N) is 2. The normalized spacial score (nSPS) is 10.4. The van der Waals surface area contributed by atoms with Gasteiger partial charge in [-0.25, -0.2) is 13.9 Å². The summed E-state index contributed by atoms with van der Waals surface area (Å²) in [7, 11) is 1.93. The van der Waals surface area contributed by atoms with Gasteiger partial charge >= 0.3 is 6.16 Å². The second-order valence-corrected chi connectivity index (χ2v) is 3.58. The lowest BCUT2D eigenvalue weighted by atomic mass is 10.5. The number of hydrogen-bond donors (Lipinski definition) is 0. The van der Waals surface area contributed by atoms with E-state index in [4.69, 9.17) is 9.47 Å². The number of carbonyl (C=O) groups excluding carboxylic acids is 1. The molecule has 15 heavy (non-hydrogen) atoms. The van der Waals surface area contributed by atoms with Gasteiger partial charge in [-0.05, 0) is 13.8 Å². The van der Waals surface area contributed by atoms with Crippen molar-refractivity contribution in [1.29, 1.82) is 0 Å². The molecule has 1 aromatic heterocycles. The van der Waals surface area contributed by atoms with Crippen molar-refractivity contribution in [1.82, 2.24) is 4.57 Å². The maximum Gasteiger partial charge on any atom is 0.508 e. The molecule has 0 fully saturated rings. The fraction of sp³-hybridized carbons (Fsp3) is 0.600. The smallest absolute Gasteiger partial charge is 0.432 e. The van der Waals surface area contributed by atoms with E-state index < -0.39 is 6.16 Å². The summed E-state index contributed by atoms with van der Waals surface area (Å²) in [5.74, 6) is 0. The fourth-order valence-corrected chi connectivity index (χ4v) is 1.09. The average molecular weight is 213 g/mol. The van der Waals surface area contributed by atoms with E-state index in [0.717, 1.165) is 0 Å². The van der Waals surface area contributed by atoms with Crippen LogP contribution in [0.2, 0.25) is 0 Å². The highest BCUT2D eigenvalue weighted by Crippen LogP contribution is 1.93. The lowest BCUT2D eigenvalue weighted by molar-refractivity contribution is -0.671. The minimum atomic E-state index is -0.610. The Morgan fingerprint density at radius 3 is 2.80 bits per heavy atom. The Balaban J connectivity index is 2.19. The summed E-state index contributed by atoms with van der Waals surface area (Å²) in [6.07, 6.45) is 5.00. The maximum absolute atomic E-state index is 11.0. The topological polar surface area (TPSA) is 44.3 Å². The number of aromatic nitrogens is 2. The molecule has 84 valence electrons. The Labute approximate surface area is 89.2 Å². The molecule has 1 aromatic rings. The van der Waals surface area contributed by atoms with Gasteiger partial charge in [-0.1, -0.05) is 0 Å². The van der Waals surface area contributed by atoms with Crippen LogP contribution in [0.4, 0.5) is 4.79 Å². The van der Waals surface area contributed by atoms with Crippen molar-refractivity contribution in [3.8, 4) is 0 Å². The molecule has 0 spiro atoms. The molecule has 0 aromatic carbocycles. The molecule has 5 nitrogen and oxygen atoms in total. The highest BCUT2D eigenvalue weighted by atomic mass is 16.7. The number of ether oxygens (including phenoxy) is 2. The van der Waals surface area contributed by atoms with Crippen molar-refractivity contribution in [2.24, 2.45) is 7.05 Å². The number of aryl methyl sites for hydroxylation is 1. The van der Waals surface area contributed by atoms with Gasteiger partial charge in [0, 0.05) is 0 Å². The molecule has 0 aliphatic carbocycles. The number of rotatable bonds is 4. The molecule has 0 amide bonds. The van der Waals surface area contributed by atoms with Crippen LogP contribution in [0.1, 0.15) is 13.8 Å². The third-order valence-electron chi connectivity index (χ3n) is 1.73. The predicted octanol–water partition coefficient (Wildman–Crippen LogP) is 0.874. The summed E-state index contributed by atoms with van der Waals surface area (Å²) in [5.41, 5.74) is 0. The van der Waals surface area contributed by atoms with Crippen molar-refractivity contribution in [3.63, 3.8) is 0 Å². The summed E-state index contributed by atoms with van der Waals surface area (Å²) < 4.78 is 13.5. The summed E-state index contributed by atoms with van der Waals surface area (Å²) in [4.78, 5) is 11.0. The van der Waals surface area contributed by atoms with Crippen LogP contribution in [0.5, 0.6) is 0 Å². The first kappa shape index (κ1) is 11.6. The average Bonchev–Trinajstić information content (AvgIpc) is 2.50. The van der Waals surface area contributed by atoms with E-state index in [1.54, 1.807) is 13.8 Å². The summed E-state index contributed by atoms with van der Waals surface area (Å²) in [5, 5.41) is 0. The second-order valence-electron chi connectivity index (χ2n) is 3.58. The lowest BCUT2D eigenvalue weighted by Gasteiger charge is -2.07. The van der Waals surface area contributed by atoms with Crippen LogP contribution in [0.3, 0.4) is 0 Å². The van der Waals surface area contributed by atoms with Crippen molar-refractivity contribution in [3.05, 3.63) is 18.7 Å².